The topological polar surface area (TPSA) is 51.0 Å². The molecule has 2 heterocycles. The van der Waals surface area contributed by atoms with E-state index in [0.29, 0.717) is 0 Å². The Hall–Kier alpha value is -1.68. The van der Waals surface area contributed by atoms with Gasteiger partial charge < -0.3 is 9.84 Å². The van der Waals surface area contributed by atoms with Crippen LogP contribution in [-0.2, 0) is 6.42 Å². The number of benzene rings is 1. The first kappa shape index (κ1) is 13.3. The number of hydrogen-bond acceptors (Lipinski definition) is 4. The van der Waals surface area contributed by atoms with Gasteiger partial charge in [-0.3, -0.25) is 0 Å². The van der Waals surface area contributed by atoms with Gasteiger partial charge in [-0.2, -0.15) is 4.98 Å². The molecule has 1 aromatic heterocycles. The lowest BCUT2D eigenvalue weighted by molar-refractivity contribution is 0.296. The largest absolute Gasteiger partial charge is 0.338 e. The number of hydrogen-bond donors (Lipinski definition) is 1. The van der Waals surface area contributed by atoms with Gasteiger partial charge in [0.15, 0.2) is 5.82 Å². The molecule has 0 spiro atoms. The fraction of sp³-hybridized carbons (Fsp3) is 0.500. The van der Waals surface area contributed by atoms with Gasteiger partial charge in [-0.15, -0.1) is 0 Å². The molecule has 0 bridgehead atoms. The van der Waals surface area contributed by atoms with Crippen LogP contribution in [0.3, 0.4) is 0 Å². The van der Waals surface area contributed by atoms with Crippen LogP contribution in [0.5, 0.6) is 0 Å². The minimum absolute atomic E-state index is 0.240. The molecular formula is C16H21N3O. The first-order valence-electron chi connectivity index (χ1n) is 7.34. The lowest BCUT2D eigenvalue weighted by Gasteiger charge is -2.19. The monoisotopic (exact) mass is 271 g/mol. The zero-order valence-electron chi connectivity index (χ0n) is 12.1. The maximum atomic E-state index is 5.41. The van der Waals surface area contributed by atoms with E-state index in [2.05, 4.69) is 47.5 Å². The number of aryl methyl sites for hydroxylation is 2. The van der Waals surface area contributed by atoms with Crippen molar-refractivity contribution in [3.8, 4) is 0 Å². The number of aromatic nitrogens is 2. The van der Waals surface area contributed by atoms with Crippen LogP contribution in [0.15, 0.2) is 22.7 Å². The first-order valence-corrected chi connectivity index (χ1v) is 7.34. The zero-order chi connectivity index (χ0) is 13.9. The van der Waals surface area contributed by atoms with Crippen LogP contribution >= 0.6 is 0 Å². The van der Waals surface area contributed by atoms with Crippen LogP contribution in [0.4, 0.5) is 0 Å². The van der Waals surface area contributed by atoms with Crippen LogP contribution < -0.4 is 5.32 Å². The molecule has 1 aliphatic rings. The summed E-state index contributed by atoms with van der Waals surface area (Å²) in [6.45, 7) is 5.27. The van der Waals surface area contributed by atoms with E-state index in [-0.39, 0.29) is 6.04 Å². The number of nitrogens with zero attached hydrogens (tertiary/aromatic N) is 2. The third kappa shape index (κ3) is 3.07. The van der Waals surface area contributed by atoms with Crippen LogP contribution in [0.1, 0.15) is 53.7 Å². The smallest absolute Gasteiger partial charge is 0.243 e. The fourth-order valence-electron chi connectivity index (χ4n) is 2.90. The molecular weight excluding hydrogens is 250 g/mol. The summed E-state index contributed by atoms with van der Waals surface area (Å²) in [4.78, 5) is 4.55. The molecule has 3 rings (SSSR count). The normalized spacial score (nSPS) is 19.2. The summed E-state index contributed by atoms with van der Waals surface area (Å²) in [5.41, 5.74) is 3.79. The fourth-order valence-corrected chi connectivity index (χ4v) is 2.90. The van der Waals surface area contributed by atoms with E-state index < -0.39 is 0 Å². The Labute approximate surface area is 119 Å². The van der Waals surface area contributed by atoms with Crippen molar-refractivity contribution in [3.63, 3.8) is 0 Å². The van der Waals surface area contributed by atoms with Crippen molar-refractivity contribution in [1.29, 1.82) is 0 Å². The SMILES string of the molecule is Cc1cc(C)cc(Cc2noc(C3CCCCN3)n2)c1. The van der Waals surface area contributed by atoms with Gasteiger partial charge >= 0.3 is 0 Å². The lowest BCUT2D eigenvalue weighted by Crippen LogP contribution is -2.27. The maximum Gasteiger partial charge on any atom is 0.243 e. The van der Waals surface area contributed by atoms with Gasteiger partial charge in [-0.1, -0.05) is 40.9 Å². The predicted molar refractivity (Wildman–Crippen MR) is 77.6 cm³/mol. The van der Waals surface area contributed by atoms with Gasteiger partial charge in [-0.25, -0.2) is 0 Å². The quantitative estimate of drug-likeness (QED) is 0.932. The highest BCUT2D eigenvalue weighted by Gasteiger charge is 2.20. The first-order chi connectivity index (χ1) is 9.70. The Balaban J connectivity index is 1.73. The predicted octanol–water partition coefficient (Wildman–Crippen LogP) is 3.09. The Kier molecular flexibility index (Phi) is 3.83. The molecule has 0 saturated carbocycles. The van der Waals surface area contributed by atoms with Gasteiger partial charge in [0.2, 0.25) is 5.89 Å². The van der Waals surface area contributed by atoms with Gasteiger partial charge in [0.05, 0.1) is 6.04 Å². The van der Waals surface area contributed by atoms with Gasteiger partial charge in [0, 0.05) is 6.42 Å². The van der Waals surface area contributed by atoms with Crippen molar-refractivity contribution in [1.82, 2.24) is 15.5 Å². The average molecular weight is 271 g/mol. The number of piperidine rings is 1. The van der Waals surface area contributed by atoms with Crippen LogP contribution in [0, 0.1) is 13.8 Å². The lowest BCUT2D eigenvalue weighted by atomic mass is 10.0. The third-order valence-corrected chi connectivity index (χ3v) is 3.74. The molecule has 1 unspecified atom stereocenters. The minimum atomic E-state index is 0.240. The number of nitrogens with one attached hydrogen (secondary N) is 1. The Morgan fingerprint density at radius 1 is 1.20 bits per heavy atom. The summed E-state index contributed by atoms with van der Waals surface area (Å²) < 4.78 is 5.41. The van der Waals surface area contributed by atoms with Crippen molar-refractivity contribution >= 4 is 0 Å². The van der Waals surface area contributed by atoms with Crippen molar-refractivity contribution in [2.24, 2.45) is 0 Å². The summed E-state index contributed by atoms with van der Waals surface area (Å²) >= 11 is 0. The van der Waals surface area contributed by atoms with Crippen molar-refractivity contribution in [2.45, 2.75) is 45.6 Å². The maximum absolute atomic E-state index is 5.41. The minimum Gasteiger partial charge on any atom is -0.338 e. The van der Waals surface area contributed by atoms with Crippen molar-refractivity contribution in [3.05, 3.63) is 46.6 Å². The Morgan fingerprint density at radius 2 is 2.00 bits per heavy atom. The Bertz CT molecular complexity index is 565. The summed E-state index contributed by atoms with van der Waals surface area (Å²) in [7, 11) is 0. The van der Waals surface area contributed by atoms with E-state index >= 15 is 0 Å². The van der Waals surface area contributed by atoms with E-state index in [4.69, 9.17) is 4.52 Å². The standard InChI is InChI=1S/C16H21N3O/c1-11-7-12(2)9-13(8-11)10-15-18-16(20-19-15)14-5-3-4-6-17-14/h7-9,14,17H,3-6,10H2,1-2H3. The molecule has 1 aliphatic heterocycles. The molecule has 1 aromatic carbocycles. The highest BCUT2D eigenvalue weighted by Crippen LogP contribution is 2.22. The highest BCUT2D eigenvalue weighted by molar-refractivity contribution is 5.30. The van der Waals surface area contributed by atoms with Gasteiger partial charge in [0.25, 0.3) is 0 Å². The molecule has 0 radical (unpaired) electrons. The molecule has 1 atom stereocenters. The summed E-state index contributed by atoms with van der Waals surface area (Å²) in [6.07, 6.45) is 4.29. The van der Waals surface area contributed by atoms with Crippen LogP contribution in [-0.4, -0.2) is 16.7 Å². The third-order valence-electron chi connectivity index (χ3n) is 3.74. The molecule has 2 aromatic rings. The second-order valence-electron chi connectivity index (χ2n) is 5.72. The molecule has 1 N–H and O–H groups in total. The van der Waals surface area contributed by atoms with E-state index in [1.807, 2.05) is 0 Å². The molecule has 0 aliphatic carbocycles. The summed E-state index contributed by atoms with van der Waals surface area (Å²) in [5.74, 6) is 1.52. The highest BCUT2D eigenvalue weighted by atomic mass is 16.5. The van der Waals surface area contributed by atoms with E-state index in [1.54, 1.807) is 0 Å². The molecule has 106 valence electrons. The van der Waals surface area contributed by atoms with Gasteiger partial charge in [0.1, 0.15) is 0 Å². The molecule has 0 amide bonds. The zero-order valence-corrected chi connectivity index (χ0v) is 12.1. The van der Waals surface area contributed by atoms with E-state index in [0.717, 1.165) is 31.1 Å². The number of rotatable bonds is 3. The van der Waals surface area contributed by atoms with Crippen molar-refractivity contribution in [2.75, 3.05) is 6.54 Å². The summed E-state index contributed by atoms with van der Waals surface area (Å²) in [5, 5.41) is 7.55. The molecule has 4 heteroatoms. The van der Waals surface area contributed by atoms with Crippen molar-refractivity contribution < 1.29 is 4.52 Å². The molecule has 4 nitrogen and oxygen atoms in total. The molecule has 1 saturated heterocycles. The summed E-state index contributed by atoms with van der Waals surface area (Å²) in [6, 6.07) is 6.78. The Morgan fingerprint density at radius 3 is 2.70 bits per heavy atom. The van der Waals surface area contributed by atoms with Crippen LogP contribution in [0.2, 0.25) is 0 Å². The van der Waals surface area contributed by atoms with E-state index in [1.165, 1.54) is 29.5 Å². The van der Waals surface area contributed by atoms with E-state index in [9.17, 15) is 0 Å². The van der Waals surface area contributed by atoms with Gasteiger partial charge in [-0.05, 0) is 38.8 Å². The second-order valence-corrected chi connectivity index (χ2v) is 5.72. The average Bonchev–Trinajstić information content (AvgIpc) is 2.87. The molecule has 20 heavy (non-hydrogen) atoms. The molecule has 1 fully saturated rings. The second kappa shape index (κ2) is 5.75. The van der Waals surface area contributed by atoms with Crippen LogP contribution in [0.25, 0.3) is 0 Å².